The van der Waals surface area contributed by atoms with Gasteiger partial charge in [-0.1, -0.05) is 29.3 Å². The molecule has 7 heteroatoms. The fraction of sp³-hybridized carbons (Fsp3) is 0.0714. The number of nitro groups is 1. The van der Waals surface area contributed by atoms with Gasteiger partial charge >= 0.3 is 0 Å². The Balaban J connectivity index is 2.06. The lowest BCUT2D eigenvalue weighted by atomic mass is 10.1. The molecule has 108 valence electrons. The summed E-state index contributed by atoms with van der Waals surface area (Å²) in [5, 5.41) is 11.1. The highest BCUT2D eigenvalue weighted by Crippen LogP contribution is 2.32. The first-order chi connectivity index (χ1) is 9.99. The minimum Gasteiger partial charge on any atom is -0.482 e. The molecule has 2 aromatic rings. The summed E-state index contributed by atoms with van der Waals surface area (Å²) < 4.78 is 5.31. The number of hydrogen-bond donors (Lipinski definition) is 0. The summed E-state index contributed by atoms with van der Waals surface area (Å²) in [4.78, 5) is 21.9. The number of benzene rings is 2. The summed E-state index contributed by atoms with van der Waals surface area (Å²) in [6.45, 7) is -0.263. The number of halogens is 2. The van der Waals surface area contributed by atoms with Gasteiger partial charge in [-0.3, -0.25) is 14.9 Å². The van der Waals surface area contributed by atoms with Crippen molar-refractivity contribution in [3.05, 3.63) is 68.2 Å². The molecule has 0 saturated heterocycles. The summed E-state index contributed by atoms with van der Waals surface area (Å²) in [5.74, 6) is -0.100. The molecular formula is C14H9Cl2NO4. The van der Waals surface area contributed by atoms with Crippen LogP contribution in [0.3, 0.4) is 0 Å². The highest BCUT2D eigenvalue weighted by Gasteiger charge is 2.12. The summed E-state index contributed by atoms with van der Waals surface area (Å²) in [6.07, 6.45) is 0. The van der Waals surface area contributed by atoms with E-state index in [0.717, 1.165) is 0 Å². The van der Waals surface area contributed by atoms with Gasteiger partial charge in [-0.2, -0.15) is 0 Å². The maximum atomic E-state index is 11.9. The van der Waals surface area contributed by atoms with Crippen molar-refractivity contribution in [3.63, 3.8) is 0 Å². The van der Waals surface area contributed by atoms with E-state index in [1.54, 1.807) is 18.2 Å². The Bertz CT molecular complexity index is 666. The Hall–Kier alpha value is -2.11. The summed E-state index contributed by atoms with van der Waals surface area (Å²) in [6, 6.07) is 10.1. The largest absolute Gasteiger partial charge is 0.482 e. The van der Waals surface area contributed by atoms with Crippen LogP contribution in [0.5, 0.6) is 5.75 Å². The minimum atomic E-state index is -0.533. The van der Waals surface area contributed by atoms with Crippen LogP contribution in [-0.4, -0.2) is 17.3 Å². The third kappa shape index (κ3) is 3.71. The molecule has 2 aromatic carbocycles. The molecule has 0 aliphatic rings. The Kier molecular flexibility index (Phi) is 4.77. The van der Waals surface area contributed by atoms with E-state index < -0.39 is 4.92 Å². The fourth-order valence-electron chi connectivity index (χ4n) is 1.61. The molecule has 0 unspecified atom stereocenters. The molecule has 0 spiro atoms. The molecule has 0 aliphatic heterocycles. The molecule has 0 saturated carbocycles. The number of carbonyl (C=O) groups excluding carboxylic acids is 1. The van der Waals surface area contributed by atoms with Crippen molar-refractivity contribution < 1.29 is 14.5 Å². The van der Waals surface area contributed by atoms with Crippen molar-refractivity contribution >= 4 is 34.7 Å². The van der Waals surface area contributed by atoms with Gasteiger partial charge in [-0.25, -0.2) is 0 Å². The van der Waals surface area contributed by atoms with Gasteiger partial charge in [0.1, 0.15) is 0 Å². The third-order valence-electron chi connectivity index (χ3n) is 2.67. The van der Waals surface area contributed by atoms with E-state index in [4.69, 9.17) is 27.9 Å². The predicted octanol–water partition coefficient (Wildman–Crippen LogP) is 4.16. The molecule has 0 fully saturated rings. The average Bonchev–Trinajstić information content (AvgIpc) is 2.46. The Morgan fingerprint density at radius 2 is 1.67 bits per heavy atom. The van der Waals surface area contributed by atoms with Crippen molar-refractivity contribution in [1.82, 2.24) is 0 Å². The van der Waals surface area contributed by atoms with Crippen LogP contribution >= 0.6 is 23.2 Å². The molecule has 0 radical (unpaired) electrons. The first-order valence-electron chi connectivity index (χ1n) is 5.83. The number of nitrogens with zero attached hydrogens (tertiary/aromatic N) is 1. The van der Waals surface area contributed by atoms with Gasteiger partial charge in [0, 0.05) is 17.7 Å². The zero-order valence-corrected chi connectivity index (χ0v) is 12.1. The van der Waals surface area contributed by atoms with E-state index in [1.165, 1.54) is 24.3 Å². The fourth-order valence-corrected chi connectivity index (χ4v) is 2.12. The first kappa shape index (κ1) is 15.3. The molecular weight excluding hydrogens is 317 g/mol. The lowest BCUT2D eigenvalue weighted by molar-refractivity contribution is -0.384. The topological polar surface area (TPSA) is 69.4 Å². The summed E-state index contributed by atoms with van der Waals surface area (Å²) in [7, 11) is 0. The maximum absolute atomic E-state index is 11.9. The molecule has 0 aromatic heterocycles. The Labute approximate surface area is 130 Å². The number of ketones is 1. The van der Waals surface area contributed by atoms with Gasteiger partial charge in [0.2, 0.25) is 0 Å². The van der Waals surface area contributed by atoms with Crippen LogP contribution in [0.2, 0.25) is 10.0 Å². The van der Waals surface area contributed by atoms with Crippen LogP contribution in [0.25, 0.3) is 0 Å². The van der Waals surface area contributed by atoms with Crippen LogP contribution in [0.15, 0.2) is 42.5 Å². The van der Waals surface area contributed by atoms with Gasteiger partial charge < -0.3 is 4.74 Å². The van der Waals surface area contributed by atoms with Crippen molar-refractivity contribution in [1.29, 1.82) is 0 Å². The molecule has 0 N–H and O–H groups in total. The lowest BCUT2D eigenvalue weighted by Crippen LogP contribution is -2.12. The minimum absolute atomic E-state index is 0.0818. The molecule has 21 heavy (non-hydrogen) atoms. The number of rotatable bonds is 5. The molecule has 0 atom stereocenters. The molecule has 0 bridgehead atoms. The van der Waals surface area contributed by atoms with E-state index in [1.807, 2.05) is 0 Å². The number of hydrogen-bond acceptors (Lipinski definition) is 4. The normalized spacial score (nSPS) is 10.2. The number of non-ortho nitro benzene ring substituents is 1. The molecule has 2 rings (SSSR count). The SMILES string of the molecule is O=C(COc1c(Cl)cccc1Cl)c1ccc([N+](=O)[O-])cc1. The Morgan fingerprint density at radius 1 is 1.10 bits per heavy atom. The highest BCUT2D eigenvalue weighted by atomic mass is 35.5. The monoisotopic (exact) mass is 325 g/mol. The van der Waals surface area contributed by atoms with Crippen LogP contribution in [0.1, 0.15) is 10.4 Å². The standard InChI is InChI=1S/C14H9Cl2NO4/c15-11-2-1-3-12(16)14(11)21-8-13(18)9-4-6-10(7-5-9)17(19)20/h1-7H,8H2. The molecule has 5 nitrogen and oxygen atoms in total. The second-order valence-electron chi connectivity index (χ2n) is 4.07. The van der Waals surface area contributed by atoms with Crippen molar-refractivity contribution in [3.8, 4) is 5.75 Å². The van der Waals surface area contributed by atoms with E-state index in [9.17, 15) is 14.9 Å². The second kappa shape index (κ2) is 6.56. The van der Waals surface area contributed by atoms with E-state index in [0.29, 0.717) is 15.6 Å². The van der Waals surface area contributed by atoms with Gasteiger partial charge in [0.25, 0.3) is 5.69 Å². The number of para-hydroxylation sites is 1. The molecule has 0 amide bonds. The van der Waals surface area contributed by atoms with Crippen molar-refractivity contribution in [2.45, 2.75) is 0 Å². The van der Waals surface area contributed by atoms with Gasteiger partial charge in [-0.15, -0.1) is 0 Å². The number of Topliss-reactive ketones (excluding diaryl/α,β-unsaturated/α-hetero) is 1. The van der Waals surface area contributed by atoms with Gasteiger partial charge in [0.05, 0.1) is 15.0 Å². The second-order valence-corrected chi connectivity index (χ2v) is 4.88. The smallest absolute Gasteiger partial charge is 0.269 e. The Morgan fingerprint density at radius 3 is 2.19 bits per heavy atom. The predicted molar refractivity (Wildman–Crippen MR) is 79.4 cm³/mol. The van der Waals surface area contributed by atoms with Crippen LogP contribution in [0.4, 0.5) is 5.69 Å². The quantitative estimate of drug-likeness (QED) is 0.470. The number of ether oxygens (including phenoxy) is 1. The van der Waals surface area contributed by atoms with Crippen LogP contribution in [0, 0.1) is 10.1 Å². The third-order valence-corrected chi connectivity index (χ3v) is 3.26. The lowest BCUT2D eigenvalue weighted by Gasteiger charge is -2.08. The average molecular weight is 326 g/mol. The first-order valence-corrected chi connectivity index (χ1v) is 6.59. The zero-order valence-electron chi connectivity index (χ0n) is 10.6. The maximum Gasteiger partial charge on any atom is 0.269 e. The summed E-state index contributed by atoms with van der Waals surface area (Å²) in [5.41, 5.74) is 0.227. The van der Waals surface area contributed by atoms with Crippen molar-refractivity contribution in [2.75, 3.05) is 6.61 Å². The van der Waals surface area contributed by atoms with E-state index in [-0.39, 0.29) is 23.8 Å². The zero-order chi connectivity index (χ0) is 15.4. The van der Waals surface area contributed by atoms with E-state index >= 15 is 0 Å². The van der Waals surface area contributed by atoms with Crippen LogP contribution < -0.4 is 4.74 Å². The molecule has 0 aliphatic carbocycles. The number of carbonyl (C=O) groups is 1. The van der Waals surface area contributed by atoms with E-state index in [2.05, 4.69) is 0 Å². The highest BCUT2D eigenvalue weighted by molar-refractivity contribution is 6.37. The number of nitro benzene ring substituents is 1. The van der Waals surface area contributed by atoms with Gasteiger partial charge in [0.15, 0.2) is 18.1 Å². The molecule has 0 heterocycles. The van der Waals surface area contributed by atoms with Crippen molar-refractivity contribution in [2.24, 2.45) is 0 Å². The van der Waals surface area contributed by atoms with Crippen LogP contribution in [-0.2, 0) is 0 Å². The summed E-state index contributed by atoms with van der Waals surface area (Å²) >= 11 is 11.8. The van der Waals surface area contributed by atoms with Gasteiger partial charge in [-0.05, 0) is 24.3 Å².